The molecular formula is C26H30F3NO2. The first-order chi connectivity index (χ1) is 15.4. The van der Waals surface area contributed by atoms with E-state index in [-0.39, 0.29) is 5.75 Å². The first-order valence-electron chi connectivity index (χ1n) is 11.7. The lowest BCUT2D eigenvalue weighted by atomic mass is 9.85. The summed E-state index contributed by atoms with van der Waals surface area (Å²) in [6.07, 6.45) is 3.23. The van der Waals surface area contributed by atoms with Crippen molar-refractivity contribution in [2.75, 3.05) is 20.2 Å². The summed E-state index contributed by atoms with van der Waals surface area (Å²) in [5.74, 6) is 3.01. The highest BCUT2D eigenvalue weighted by molar-refractivity contribution is 5.66. The van der Waals surface area contributed by atoms with E-state index in [1.54, 1.807) is 19.2 Å². The molecule has 3 fully saturated rings. The Morgan fingerprint density at radius 1 is 0.875 bits per heavy atom. The maximum Gasteiger partial charge on any atom is 0.573 e. The van der Waals surface area contributed by atoms with Gasteiger partial charge in [0.05, 0.1) is 7.11 Å². The molecule has 0 aromatic heterocycles. The van der Waals surface area contributed by atoms with Gasteiger partial charge < -0.3 is 14.4 Å². The van der Waals surface area contributed by atoms with E-state index >= 15 is 0 Å². The number of fused-ring (bicyclic) bond motifs is 2. The Hall–Kier alpha value is -2.21. The molecule has 2 unspecified atom stereocenters. The number of rotatable bonds is 5. The molecule has 1 aliphatic heterocycles. The molecule has 2 bridgehead atoms. The van der Waals surface area contributed by atoms with Crippen molar-refractivity contribution < 1.29 is 22.6 Å². The number of methoxy groups -OCH3 is 1. The smallest absolute Gasteiger partial charge is 0.496 e. The standard InChI is InChI=1S/C26H30F3NO2/c1-31-25-9-6-20(18-4-7-22(8-5-18)32-26(27,28)29)16-23(25)19-10-12-30(13-11-19)24-15-17-2-3-21(24)14-17/h4-9,16-17,19,21,24H,2-3,10-15H2,1H3/t17?,21?,24-/m0/s1. The molecule has 172 valence electrons. The molecule has 3 atom stereocenters. The first-order valence-corrected chi connectivity index (χ1v) is 11.7. The van der Waals surface area contributed by atoms with Crippen LogP contribution in [0.2, 0.25) is 0 Å². The van der Waals surface area contributed by atoms with Gasteiger partial charge in [-0.25, -0.2) is 0 Å². The van der Waals surface area contributed by atoms with Crippen molar-refractivity contribution in [1.29, 1.82) is 0 Å². The summed E-state index contributed by atoms with van der Waals surface area (Å²) in [6.45, 7) is 2.27. The molecule has 0 N–H and O–H groups in total. The van der Waals surface area contributed by atoms with Gasteiger partial charge >= 0.3 is 6.36 Å². The number of hydrogen-bond acceptors (Lipinski definition) is 3. The Morgan fingerprint density at radius 2 is 1.59 bits per heavy atom. The second-order valence-corrected chi connectivity index (χ2v) is 9.58. The van der Waals surface area contributed by atoms with Crippen LogP contribution in [0.15, 0.2) is 42.5 Å². The van der Waals surface area contributed by atoms with Crippen LogP contribution in [0, 0.1) is 11.8 Å². The highest BCUT2D eigenvalue weighted by Crippen LogP contribution is 2.48. The minimum absolute atomic E-state index is 0.206. The van der Waals surface area contributed by atoms with Crippen LogP contribution < -0.4 is 9.47 Å². The fraction of sp³-hybridized carbons (Fsp3) is 0.538. The summed E-state index contributed by atoms with van der Waals surface area (Å²) in [7, 11) is 1.70. The minimum Gasteiger partial charge on any atom is -0.496 e. The fourth-order valence-electron chi connectivity index (χ4n) is 6.28. The van der Waals surface area contributed by atoms with Gasteiger partial charge in [-0.05, 0) is 104 Å². The number of nitrogens with zero attached hydrogens (tertiary/aromatic N) is 1. The number of ether oxygens (including phenoxy) is 2. The number of hydrogen-bond donors (Lipinski definition) is 0. The summed E-state index contributed by atoms with van der Waals surface area (Å²) in [5.41, 5.74) is 3.05. The van der Waals surface area contributed by atoms with E-state index in [4.69, 9.17) is 4.74 Å². The topological polar surface area (TPSA) is 21.7 Å². The predicted molar refractivity (Wildman–Crippen MR) is 118 cm³/mol. The summed E-state index contributed by atoms with van der Waals surface area (Å²) in [4.78, 5) is 2.73. The molecule has 5 rings (SSSR count). The molecule has 2 aromatic rings. The summed E-state index contributed by atoms with van der Waals surface area (Å²) < 4.78 is 47.0. The fourth-order valence-corrected chi connectivity index (χ4v) is 6.28. The monoisotopic (exact) mass is 445 g/mol. The number of alkyl halides is 3. The number of likely N-dealkylation sites (tertiary alicyclic amines) is 1. The zero-order valence-electron chi connectivity index (χ0n) is 18.4. The van der Waals surface area contributed by atoms with Crippen LogP contribution in [-0.2, 0) is 0 Å². The van der Waals surface area contributed by atoms with E-state index in [1.165, 1.54) is 43.4 Å². The molecule has 2 saturated carbocycles. The van der Waals surface area contributed by atoms with Crippen molar-refractivity contribution >= 4 is 0 Å². The van der Waals surface area contributed by atoms with Gasteiger partial charge in [0.1, 0.15) is 11.5 Å². The van der Waals surface area contributed by atoms with Crippen molar-refractivity contribution in [2.45, 2.75) is 56.8 Å². The predicted octanol–water partition coefficient (Wildman–Crippen LogP) is 6.63. The summed E-state index contributed by atoms with van der Waals surface area (Å²) in [6, 6.07) is 13.0. The van der Waals surface area contributed by atoms with Crippen LogP contribution in [0.1, 0.15) is 50.0 Å². The van der Waals surface area contributed by atoms with Crippen LogP contribution >= 0.6 is 0 Å². The maximum absolute atomic E-state index is 12.4. The maximum atomic E-state index is 12.4. The van der Waals surface area contributed by atoms with Crippen LogP contribution in [0.4, 0.5) is 13.2 Å². The lowest BCUT2D eigenvalue weighted by Gasteiger charge is -2.40. The van der Waals surface area contributed by atoms with Crippen LogP contribution in [0.25, 0.3) is 11.1 Å². The largest absolute Gasteiger partial charge is 0.573 e. The molecule has 3 nitrogen and oxygen atoms in total. The summed E-state index contributed by atoms with van der Waals surface area (Å²) >= 11 is 0. The molecular weight excluding hydrogens is 415 g/mol. The number of piperidine rings is 1. The van der Waals surface area contributed by atoms with Crippen molar-refractivity contribution in [1.82, 2.24) is 4.90 Å². The molecule has 1 saturated heterocycles. The van der Waals surface area contributed by atoms with Gasteiger partial charge in [0, 0.05) is 6.04 Å². The SMILES string of the molecule is COc1ccc(-c2ccc(OC(F)(F)F)cc2)cc1C1CCN([C@H]2CC3CCC2C3)CC1. The molecule has 0 spiro atoms. The highest BCUT2D eigenvalue weighted by Gasteiger charge is 2.43. The summed E-state index contributed by atoms with van der Waals surface area (Å²) in [5, 5.41) is 0. The molecule has 2 aliphatic carbocycles. The van der Waals surface area contributed by atoms with E-state index in [2.05, 4.69) is 15.7 Å². The molecule has 1 heterocycles. The Bertz CT molecular complexity index is 935. The van der Waals surface area contributed by atoms with Gasteiger partial charge in [0.2, 0.25) is 0 Å². The molecule has 0 amide bonds. The molecule has 6 heteroatoms. The average Bonchev–Trinajstić information content (AvgIpc) is 3.42. The van der Waals surface area contributed by atoms with Gasteiger partial charge in [-0.3, -0.25) is 0 Å². The third kappa shape index (κ3) is 4.47. The van der Waals surface area contributed by atoms with Crippen molar-refractivity contribution in [3.05, 3.63) is 48.0 Å². The van der Waals surface area contributed by atoms with Gasteiger partial charge in [-0.1, -0.05) is 24.6 Å². The Balaban J connectivity index is 1.29. The lowest BCUT2D eigenvalue weighted by Crippen LogP contribution is -2.43. The van der Waals surface area contributed by atoms with Gasteiger partial charge in [-0.15, -0.1) is 13.2 Å². The van der Waals surface area contributed by atoms with Crippen LogP contribution in [0.5, 0.6) is 11.5 Å². The molecule has 32 heavy (non-hydrogen) atoms. The van der Waals surface area contributed by atoms with E-state index in [0.29, 0.717) is 5.92 Å². The quantitative estimate of drug-likeness (QED) is 0.516. The second-order valence-electron chi connectivity index (χ2n) is 9.58. The lowest BCUT2D eigenvalue weighted by molar-refractivity contribution is -0.274. The van der Waals surface area contributed by atoms with E-state index in [9.17, 15) is 13.2 Å². The van der Waals surface area contributed by atoms with E-state index in [1.807, 2.05) is 12.1 Å². The van der Waals surface area contributed by atoms with Gasteiger partial charge in [0.25, 0.3) is 0 Å². The zero-order valence-corrected chi connectivity index (χ0v) is 18.4. The van der Waals surface area contributed by atoms with Crippen LogP contribution in [0.3, 0.4) is 0 Å². The average molecular weight is 446 g/mol. The molecule has 2 aromatic carbocycles. The normalized spacial score (nSPS) is 26.4. The Kier molecular flexibility index (Phi) is 5.82. The van der Waals surface area contributed by atoms with Gasteiger partial charge in [-0.2, -0.15) is 0 Å². The molecule has 0 radical (unpaired) electrons. The van der Waals surface area contributed by atoms with Crippen molar-refractivity contribution in [3.63, 3.8) is 0 Å². The Morgan fingerprint density at radius 3 is 2.19 bits per heavy atom. The number of benzene rings is 2. The third-order valence-corrected chi connectivity index (χ3v) is 7.79. The first kappa shape index (κ1) is 21.6. The van der Waals surface area contributed by atoms with E-state index in [0.717, 1.165) is 60.7 Å². The third-order valence-electron chi connectivity index (χ3n) is 7.79. The Labute approximate surface area is 187 Å². The second kappa shape index (κ2) is 8.62. The minimum atomic E-state index is -4.68. The van der Waals surface area contributed by atoms with Crippen molar-refractivity contribution in [2.24, 2.45) is 11.8 Å². The van der Waals surface area contributed by atoms with Gasteiger partial charge in [0.15, 0.2) is 0 Å². The molecule has 3 aliphatic rings. The van der Waals surface area contributed by atoms with Crippen LogP contribution in [-0.4, -0.2) is 37.5 Å². The zero-order chi connectivity index (χ0) is 22.3. The van der Waals surface area contributed by atoms with Crippen molar-refractivity contribution in [3.8, 4) is 22.6 Å². The number of halogens is 3. The van der Waals surface area contributed by atoms with E-state index < -0.39 is 6.36 Å². The highest BCUT2D eigenvalue weighted by atomic mass is 19.4.